The molecule has 0 aliphatic carbocycles. The van der Waals surface area contributed by atoms with Crippen LogP contribution in [0, 0.1) is 0 Å². The highest BCUT2D eigenvalue weighted by Crippen LogP contribution is 2.23. The number of nitrogens with two attached hydrogens (primary N) is 2. The predicted octanol–water partition coefficient (Wildman–Crippen LogP) is 2.60. The summed E-state index contributed by atoms with van der Waals surface area (Å²) in [5, 5.41) is 3.31. The van der Waals surface area contributed by atoms with E-state index in [0.29, 0.717) is 0 Å². The molecule has 1 heterocycles. The number of carbonyl (C=O) groups excluding carboxylic acids is 1. The number of hydrogen-bond donors (Lipinski definition) is 3. The monoisotopic (exact) mass is 353 g/mol. The summed E-state index contributed by atoms with van der Waals surface area (Å²) in [6, 6.07) is 10.7. The van der Waals surface area contributed by atoms with Gasteiger partial charge in [0.25, 0.3) is 0 Å². The van der Waals surface area contributed by atoms with Crippen molar-refractivity contribution in [1.29, 1.82) is 0 Å². The van der Waals surface area contributed by atoms with Crippen LogP contribution in [0.1, 0.15) is 21.5 Å². The van der Waals surface area contributed by atoms with Crippen molar-refractivity contribution in [2.45, 2.75) is 19.3 Å². The smallest absolute Gasteiger partial charge is 0.406 e. The van der Waals surface area contributed by atoms with Crippen LogP contribution < -0.4 is 21.5 Å². The summed E-state index contributed by atoms with van der Waals surface area (Å²) in [5.74, 6) is -1.27. The van der Waals surface area contributed by atoms with Crippen molar-refractivity contribution in [2.75, 3.05) is 12.3 Å². The van der Waals surface area contributed by atoms with Crippen molar-refractivity contribution in [3.63, 3.8) is 0 Å². The fraction of sp³-hybridized carbons (Fsp3) is 0.235. The van der Waals surface area contributed by atoms with Crippen molar-refractivity contribution in [2.24, 2.45) is 5.73 Å². The average molecular weight is 353 g/mol. The number of anilines is 1. The molecule has 134 valence electrons. The Labute approximate surface area is 142 Å². The standard InChI is InChI=1S/C9H12N2.C8H6F3NO2/c10-9-2-1-7-3-4-11-6-8(7)5-9;9-8(10,11)14-6-3-1-2-5(4-6)7(12)13/h1-2,5,11H,3-4,6,10H2;1-4H,(H2,12,13). The van der Waals surface area contributed by atoms with Crippen LogP contribution >= 0.6 is 0 Å². The first kappa shape index (κ1) is 18.6. The molecule has 2 aromatic carbocycles. The number of ether oxygens (including phenoxy) is 1. The molecule has 0 radical (unpaired) electrons. The normalized spacial score (nSPS) is 13.2. The fourth-order valence-corrected chi connectivity index (χ4v) is 2.35. The molecule has 0 atom stereocenters. The number of hydrogen-bond acceptors (Lipinski definition) is 4. The summed E-state index contributed by atoms with van der Waals surface area (Å²) in [6.45, 7) is 2.07. The van der Waals surface area contributed by atoms with Crippen molar-refractivity contribution < 1.29 is 22.7 Å². The first-order chi connectivity index (χ1) is 11.7. The lowest BCUT2D eigenvalue weighted by Crippen LogP contribution is -2.23. The van der Waals surface area contributed by atoms with Gasteiger partial charge in [-0.3, -0.25) is 4.79 Å². The van der Waals surface area contributed by atoms with Gasteiger partial charge in [-0.15, -0.1) is 13.2 Å². The van der Waals surface area contributed by atoms with E-state index >= 15 is 0 Å². The molecule has 8 heteroatoms. The Morgan fingerprint density at radius 2 is 1.88 bits per heavy atom. The van der Waals surface area contributed by atoms with Crippen molar-refractivity contribution in [3.8, 4) is 5.75 Å². The summed E-state index contributed by atoms with van der Waals surface area (Å²) < 4.78 is 38.8. The van der Waals surface area contributed by atoms with Gasteiger partial charge in [-0.2, -0.15) is 0 Å². The van der Waals surface area contributed by atoms with E-state index in [1.54, 1.807) is 0 Å². The van der Waals surface area contributed by atoms with Crippen LogP contribution in [-0.4, -0.2) is 18.8 Å². The molecular weight excluding hydrogens is 335 g/mol. The number of alkyl halides is 3. The molecule has 0 saturated carbocycles. The first-order valence-corrected chi connectivity index (χ1v) is 7.48. The first-order valence-electron chi connectivity index (χ1n) is 7.48. The maximum atomic E-state index is 11.7. The molecule has 3 rings (SSSR count). The molecule has 0 fully saturated rings. The summed E-state index contributed by atoms with van der Waals surface area (Å²) in [5.41, 5.74) is 14.2. The zero-order valence-corrected chi connectivity index (χ0v) is 13.3. The molecule has 5 N–H and O–H groups in total. The number of amides is 1. The van der Waals surface area contributed by atoms with E-state index in [2.05, 4.69) is 22.2 Å². The van der Waals surface area contributed by atoms with Gasteiger partial charge in [-0.25, -0.2) is 0 Å². The molecule has 0 saturated heterocycles. The topological polar surface area (TPSA) is 90.4 Å². The number of fused-ring (bicyclic) bond motifs is 1. The Balaban J connectivity index is 0.000000185. The molecule has 0 bridgehead atoms. The van der Waals surface area contributed by atoms with Crippen LogP contribution in [0.5, 0.6) is 5.75 Å². The Morgan fingerprint density at radius 3 is 2.56 bits per heavy atom. The Bertz CT molecular complexity index is 748. The highest BCUT2D eigenvalue weighted by molar-refractivity contribution is 5.93. The molecule has 25 heavy (non-hydrogen) atoms. The van der Waals surface area contributed by atoms with Crippen LogP contribution in [0.2, 0.25) is 0 Å². The summed E-state index contributed by atoms with van der Waals surface area (Å²) in [4.78, 5) is 10.6. The number of nitrogen functional groups attached to an aromatic ring is 1. The number of nitrogens with one attached hydrogen (secondary N) is 1. The number of carbonyl (C=O) groups is 1. The van der Waals surface area contributed by atoms with Gasteiger partial charge in [0, 0.05) is 17.8 Å². The molecule has 0 spiro atoms. The second-order valence-corrected chi connectivity index (χ2v) is 5.39. The third-order valence-electron chi connectivity index (χ3n) is 3.47. The van der Waals surface area contributed by atoms with E-state index in [0.717, 1.165) is 37.3 Å². The minimum Gasteiger partial charge on any atom is -0.406 e. The minimum absolute atomic E-state index is 0.0354. The van der Waals surface area contributed by atoms with Crippen molar-refractivity contribution in [1.82, 2.24) is 5.32 Å². The zero-order chi connectivity index (χ0) is 18.4. The third-order valence-corrected chi connectivity index (χ3v) is 3.47. The van der Waals surface area contributed by atoms with E-state index < -0.39 is 18.0 Å². The molecule has 1 aliphatic heterocycles. The average Bonchev–Trinajstić information content (AvgIpc) is 2.54. The maximum absolute atomic E-state index is 11.7. The van der Waals surface area contributed by atoms with Gasteiger partial charge >= 0.3 is 6.36 Å². The largest absolute Gasteiger partial charge is 0.573 e. The Morgan fingerprint density at radius 1 is 1.12 bits per heavy atom. The number of primary amides is 1. The Kier molecular flexibility index (Phi) is 5.87. The second kappa shape index (κ2) is 7.89. The van der Waals surface area contributed by atoms with Crippen molar-refractivity contribution in [3.05, 3.63) is 59.2 Å². The third kappa shape index (κ3) is 6.00. The van der Waals surface area contributed by atoms with Gasteiger partial charge < -0.3 is 21.5 Å². The van der Waals surface area contributed by atoms with Gasteiger partial charge in [-0.1, -0.05) is 12.1 Å². The highest BCUT2D eigenvalue weighted by Gasteiger charge is 2.31. The zero-order valence-electron chi connectivity index (χ0n) is 13.3. The van der Waals surface area contributed by atoms with E-state index in [-0.39, 0.29) is 5.56 Å². The number of benzene rings is 2. The molecule has 0 unspecified atom stereocenters. The van der Waals surface area contributed by atoms with Crippen LogP contribution in [0.25, 0.3) is 0 Å². The quantitative estimate of drug-likeness (QED) is 0.724. The summed E-state index contributed by atoms with van der Waals surface area (Å²) in [7, 11) is 0. The number of rotatable bonds is 2. The van der Waals surface area contributed by atoms with Crippen LogP contribution in [0.4, 0.5) is 18.9 Å². The predicted molar refractivity (Wildman–Crippen MR) is 87.9 cm³/mol. The second-order valence-electron chi connectivity index (χ2n) is 5.39. The number of halogens is 3. The van der Waals surface area contributed by atoms with E-state index in [1.807, 2.05) is 6.07 Å². The fourth-order valence-electron chi connectivity index (χ4n) is 2.35. The highest BCUT2D eigenvalue weighted by atomic mass is 19.4. The molecule has 1 amide bonds. The van der Waals surface area contributed by atoms with E-state index in [4.69, 9.17) is 11.5 Å². The Hall–Kier alpha value is -2.74. The molecule has 2 aromatic rings. The van der Waals surface area contributed by atoms with Crippen LogP contribution in [-0.2, 0) is 13.0 Å². The van der Waals surface area contributed by atoms with Gasteiger partial charge in [0.15, 0.2) is 0 Å². The lowest BCUT2D eigenvalue weighted by Gasteiger charge is -2.16. The van der Waals surface area contributed by atoms with Crippen molar-refractivity contribution >= 4 is 11.6 Å². The van der Waals surface area contributed by atoms with Gasteiger partial charge in [0.05, 0.1) is 0 Å². The lowest BCUT2D eigenvalue weighted by molar-refractivity contribution is -0.274. The summed E-state index contributed by atoms with van der Waals surface area (Å²) >= 11 is 0. The molecule has 5 nitrogen and oxygen atoms in total. The minimum atomic E-state index is -4.77. The van der Waals surface area contributed by atoms with Crippen LogP contribution in [0.15, 0.2) is 42.5 Å². The van der Waals surface area contributed by atoms with Gasteiger partial charge in [0.1, 0.15) is 5.75 Å². The lowest BCUT2D eigenvalue weighted by atomic mass is 10.0. The molecule has 1 aliphatic rings. The van der Waals surface area contributed by atoms with Gasteiger partial charge in [-0.05, 0) is 54.4 Å². The van der Waals surface area contributed by atoms with Crippen LogP contribution in [0.3, 0.4) is 0 Å². The molecule has 0 aromatic heterocycles. The SMILES string of the molecule is NC(=O)c1cccc(OC(F)(F)F)c1.Nc1ccc2c(c1)CNCC2. The maximum Gasteiger partial charge on any atom is 0.573 e. The van der Waals surface area contributed by atoms with E-state index in [1.165, 1.54) is 23.3 Å². The molecular formula is C17H18F3N3O2. The van der Waals surface area contributed by atoms with Gasteiger partial charge in [0.2, 0.25) is 5.91 Å². The van der Waals surface area contributed by atoms with E-state index in [9.17, 15) is 18.0 Å². The summed E-state index contributed by atoms with van der Waals surface area (Å²) in [6.07, 6.45) is -3.63.